The molecule has 2 amide bonds. The van der Waals surface area contributed by atoms with Crippen LogP contribution in [0.4, 0.5) is 11.4 Å². The number of benzene rings is 1. The normalized spacial score (nSPS) is 17.7. The maximum absolute atomic E-state index is 12.5. The summed E-state index contributed by atoms with van der Waals surface area (Å²) in [6, 6.07) is 12.0. The molecule has 0 saturated carbocycles. The van der Waals surface area contributed by atoms with Crippen LogP contribution in [0.2, 0.25) is 0 Å². The number of nitrogens with zero attached hydrogens (tertiary/aromatic N) is 2. The lowest BCUT2D eigenvalue weighted by atomic mass is 10.2. The van der Waals surface area contributed by atoms with Crippen molar-refractivity contribution in [3.63, 3.8) is 0 Å². The number of ether oxygens (including phenoxy) is 1. The molecule has 112 valence electrons. The number of pyridine rings is 1. The van der Waals surface area contributed by atoms with Crippen LogP contribution in [0.3, 0.4) is 0 Å². The highest BCUT2D eigenvalue weighted by Gasteiger charge is 2.39. The minimum atomic E-state index is -0.558. The molecule has 22 heavy (non-hydrogen) atoms. The van der Waals surface area contributed by atoms with Gasteiger partial charge in [0.25, 0.3) is 5.91 Å². The van der Waals surface area contributed by atoms with Gasteiger partial charge in [-0.2, -0.15) is 0 Å². The van der Waals surface area contributed by atoms with Crippen molar-refractivity contribution in [1.29, 1.82) is 0 Å². The molecule has 1 atom stereocenters. The standard InChI is InChI=1S/C16H15N3O3/c1-22-14-8-7-12(10-17-14)19-15(20)9-13(16(19)21)18-11-5-3-2-4-6-11/h2-8,10,13,18H,9H2,1H3. The molecule has 1 aliphatic rings. The zero-order chi connectivity index (χ0) is 15.5. The number of amides is 2. The molecule has 0 aliphatic carbocycles. The molecule has 1 aromatic carbocycles. The Morgan fingerprint density at radius 1 is 1.18 bits per heavy atom. The number of anilines is 2. The summed E-state index contributed by atoms with van der Waals surface area (Å²) >= 11 is 0. The molecular formula is C16H15N3O3. The van der Waals surface area contributed by atoms with Crippen LogP contribution in [-0.4, -0.2) is 29.9 Å². The molecule has 1 aliphatic heterocycles. The number of nitrogens with one attached hydrogen (secondary N) is 1. The van der Waals surface area contributed by atoms with Crippen molar-refractivity contribution in [2.75, 3.05) is 17.3 Å². The number of methoxy groups -OCH3 is 1. The van der Waals surface area contributed by atoms with Crippen LogP contribution >= 0.6 is 0 Å². The maximum Gasteiger partial charge on any atom is 0.256 e. The Kier molecular flexibility index (Phi) is 3.74. The third-order valence-electron chi connectivity index (χ3n) is 3.45. The fourth-order valence-corrected chi connectivity index (χ4v) is 2.38. The molecule has 1 saturated heterocycles. The number of imide groups is 1. The molecule has 2 heterocycles. The number of carbonyl (C=O) groups is 2. The number of hydrogen-bond donors (Lipinski definition) is 1. The molecule has 1 unspecified atom stereocenters. The molecular weight excluding hydrogens is 282 g/mol. The van der Waals surface area contributed by atoms with Gasteiger partial charge in [-0.1, -0.05) is 18.2 Å². The number of rotatable bonds is 4. The monoisotopic (exact) mass is 297 g/mol. The van der Waals surface area contributed by atoms with Crippen molar-refractivity contribution < 1.29 is 14.3 Å². The molecule has 1 aromatic heterocycles. The Morgan fingerprint density at radius 3 is 2.59 bits per heavy atom. The molecule has 0 spiro atoms. The van der Waals surface area contributed by atoms with E-state index in [0.717, 1.165) is 10.6 Å². The third-order valence-corrected chi connectivity index (χ3v) is 3.45. The van der Waals surface area contributed by atoms with E-state index in [-0.39, 0.29) is 18.2 Å². The maximum atomic E-state index is 12.5. The lowest BCUT2D eigenvalue weighted by Gasteiger charge is -2.16. The molecule has 6 nitrogen and oxygen atoms in total. The Hall–Kier alpha value is -2.89. The predicted octanol–water partition coefficient (Wildman–Crippen LogP) is 1.83. The van der Waals surface area contributed by atoms with Crippen LogP contribution in [0.1, 0.15) is 6.42 Å². The minimum Gasteiger partial charge on any atom is -0.481 e. The van der Waals surface area contributed by atoms with Crippen molar-refractivity contribution in [3.8, 4) is 5.88 Å². The highest BCUT2D eigenvalue weighted by molar-refractivity contribution is 6.23. The van der Waals surface area contributed by atoms with E-state index in [1.165, 1.54) is 13.3 Å². The van der Waals surface area contributed by atoms with Gasteiger partial charge in [-0.05, 0) is 18.2 Å². The van der Waals surface area contributed by atoms with Gasteiger partial charge >= 0.3 is 0 Å². The largest absolute Gasteiger partial charge is 0.481 e. The lowest BCUT2D eigenvalue weighted by Crippen LogP contribution is -2.34. The quantitative estimate of drug-likeness (QED) is 0.872. The van der Waals surface area contributed by atoms with Gasteiger partial charge in [0.05, 0.1) is 25.4 Å². The number of carbonyl (C=O) groups excluding carboxylic acids is 2. The van der Waals surface area contributed by atoms with Crippen LogP contribution < -0.4 is 15.0 Å². The summed E-state index contributed by atoms with van der Waals surface area (Å²) in [6.45, 7) is 0. The predicted molar refractivity (Wildman–Crippen MR) is 81.8 cm³/mol. The zero-order valence-corrected chi connectivity index (χ0v) is 12.0. The Morgan fingerprint density at radius 2 is 1.95 bits per heavy atom. The van der Waals surface area contributed by atoms with E-state index in [0.29, 0.717) is 11.6 Å². The average molecular weight is 297 g/mol. The molecule has 2 aromatic rings. The summed E-state index contributed by atoms with van der Waals surface area (Å²) in [4.78, 5) is 29.8. The van der Waals surface area contributed by atoms with Gasteiger partial charge in [0.15, 0.2) is 0 Å². The van der Waals surface area contributed by atoms with E-state index in [9.17, 15) is 9.59 Å². The highest BCUT2D eigenvalue weighted by Crippen LogP contribution is 2.25. The Balaban J connectivity index is 1.79. The van der Waals surface area contributed by atoms with E-state index in [4.69, 9.17) is 4.74 Å². The summed E-state index contributed by atoms with van der Waals surface area (Å²) in [5, 5.41) is 3.09. The van der Waals surface area contributed by atoms with E-state index in [1.807, 2.05) is 30.3 Å². The summed E-state index contributed by atoms with van der Waals surface area (Å²) in [6.07, 6.45) is 1.58. The van der Waals surface area contributed by atoms with Gasteiger partial charge in [0, 0.05) is 11.8 Å². The first kappa shape index (κ1) is 14.1. The lowest BCUT2D eigenvalue weighted by molar-refractivity contribution is -0.121. The molecule has 1 N–H and O–H groups in total. The minimum absolute atomic E-state index is 0.125. The van der Waals surface area contributed by atoms with E-state index < -0.39 is 6.04 Å². The SMILES string of the molecule is COc1ccc(N2C(=O)CC(Nc3ccccc3)C2=O)cn1. The fraction of sp³-hybridized carbons (Fsp3) is 0.188. The van der Waals surface area contributed by atoms with Crippen molar-refractivity contribution in [1.82, 2.24) is 4.98 Å². The third kappa shape index (κ3) is 2.63. The second-order valence-corrected chi connectivity index (χ2v) is 4.89. The first-order valence-corrected chi connectivity index (χ1v) is 6.87. The summed E-state index contributed by atoms with van der Waals surface area (Å²) in [5.74, 6) is -0.0898. The average Bonchev–Trinajstić information content (AvgIpc) is 2.82. The van der Waals surface area contributed by atoms with Crippen LogP contribution in [0.5, 0.6) is 5.88 Å². The Bertz CT molecular complexity index is 686. The highest BCUT2D eigenvalue weighted by atomic mass is 16.5. The molecule has 0 bridgehead atoms. The first-order valence-electron chi connectivity index (χ1n) is 6.87. The van der Waals surface area contributed by atoms with Gasteiger partial charge in [-0.3, -0.25) is 9.59 Å². The molecule has 3 rings (SSSR count). The van der Waals surface area contributed by atoms with Crippen molar-refractivity contribution in [3.05, 3.63) is 48.7 Å². The van der Waals surface area contributed by atoms with Crippen LogP contribution in [0, 0.1) is 0 Å². The summed E-state index contributed by atoms with van der Waals surface area (Å²) in [7, 11) is 1.51. The first-order chi connectivity index (χ1) is 10.7. The zero-order valence-electron chi connectivity index (χ0n) is 12.0. The Labute approximate surface area is 127 Å². The van der Waals surface area contributed by atoms with Crippen molar-refractivity contribution in [2.45, 2.75) is 12.5 Å². The van der Waals surface area contributed by atoms with E-state index in [1.54, 1.807) is 12.1 Å². The van der Waals surface area contributed by atoms with Gasteiger partial charge in [0.2, 0.25) is 11.8 Å². The second kappa shape index (κ2) is 5.85. The van der Waals surface area contributed by atoms with Gasteiger partial charge in [-0.25, -0.2) is 9.88 Å². The van der Waals surface area contributed by atoms with E-state index >= 15 is 0 Å². The van der Waals surface area contributed by atoms with Gasteiger partial charge < -0.3 is 10.1 Å². The van der Waals surface area contributed by atoms with Crippen LogP contribution in [0.25, 0.3) is 0 Å². The molecule has 0 radical (unpaired) electrons. The summed E-state index contributed by atoms with van der Waals surface area (Å²) < 4.78 is 4.97. The second-order valence-electron chi connectivity index (χ2n) is 4.89. The van der Waals surface area contributed by atoms with Crippen molar-refractivity contribution >= 4 is 23.2 Å². The smallest absolute Gasteiger partial charge is 0.256 e. The van der Waals surface area contributed by atoms with Crippen molar-refractivity contribution in [2.24, 2.45) is 0 Å². The molecule has 1 fully saturated rings. The number of hydrogen-bond acceptors (Lipinski definition) is 5. The number of aromatic nitrogens is 1. The summed E-state index contributed by atoms with van der Waals surface area (Å²) in [5.41, 5.74) is 1.26. The topological polar surface area (TPSA) is 71.5 Å². The van der Waals surface area contributed by atoms with Crippen LogP contribution in [0.15, 0.2) is 48.7 Å². The van der Waals surface area contributed by atoms with Crippen LogP contribution in [-0.2, 0) is 9.59 Å². The van der Waals surface area contributed by atoms with Gasteiger partial charge in [0.1, 0.15) is 6.04 Å². The van der Waals surface area contributed by atoms with E-state index in [2.05, 4.69) is 10.3 Å². The van der Waals surface area contributed by atoms with Gasteiger partial charge in [-0.15, -0.1) is 0 Å². The fourth-order valence-electron chi connectivity index (χ4n) is 2.38. The number of para-hydroxylation sites is 1. The molecule has 6 heteroatoms.